The molecule has 0 aliphatic rings. The summed E-state index contributed by atoms with van der Waals surface area (Å²) in [6, 6.07) is 18.2. The fourth-order valence-electron chi connectivity index (χ4n) is 2.80. The first-order valence-corrected chi connectivity index (χ1v) is 9.84. The molecular formula is C23H21ClFNO2S. The number of rotatable bonds is 7. The fourth-order valence-corrected chi connectivity index (χ4v) is 3.25. The van der Waals surface area contributed by atoms with E-state index < -0.39 is 5.82 Å². The number of halogens is 2. The predicted molar refractivity (Wildman–Crippen MR) is 118 cm³/mol. The van der Waals surface area contributed by atoms with Crippen LogP contribution in [0.25, 0.3) is 0 Å². The molecule has 0 heterocycles. The van der Waals surface area contributed by atoms with Crippen LogP contribution in [0.2, 0.25) is 5.02 Å². The van der Waals surface area contributed by atoms with Crippen molar-refractivity contribution < 1.29 is 13.9 Å². The zero-order chi connectivity index (χ0) is 20.8. The van der Waals surface area contributed by atoms with E-state index in [2.05, 4.69) is 17.4 Å². The highest BCUT2D eigenvalue weighted by atomic mass is 35.5. The number of ether oxygens (including phenoxy) is 2. The van der Waals surface area contributed by atoms with Gasteiger partial charge in [-0.15, -0.1) is 0 Å². The predicted octanol–water partition coefficient (Wildman–Crippen LogP) is 5.84. The van der Waals surface area contributed by atoms with Crippen LogP contribution in [0.15, 0.2) is 60.7 Å². The van der Waals surface area contributed by atoms with Crippen molar-refractivity contribution >= 4 is 28.8 Å². The normalized spacial score (nSPS) is 10.5. The highest BCUT2D eigenvalue weighted by Gasteiger charge is 2.16. The maximum atomic E-state index is 14.1. The summed E-state index contributed by atoms with van der Waals surface area (Å²) in [5.74, 6) is 0.527. The monoisotopic (exact) mass is 429 g/mol. The third kappa shape index (κ3) is 5.25. The number of hydrogen-bond donors (Lipinski definition) is 1. The molecule has 0 unspecified atom stereocenters. The van der Waals surface area contributed by atoms with Gasteiger partial charge in [0.1, 0.15) is 17.4 Å². The molecule has 0 fully saturated rings. The largest absolute Gasteiger partial charge is 0.493 e. The van der Waals surface area contributed by atoms with Crippen molar-refractivity contribution in [2.24, 2.45) is 0 Å². The summed E-state index contributed by atoms with van der Waals surface area (Å²) in [5, 5.41) is 3.55. The van der Waals surface area contributed by atoms with Gasteiger partial charge >= 0.3 is 0 Å². The van der Waals surface area contributed by atoms with E-state index in [0.717, 1.165) is 5.56 Å². The van der Waals surface area contributed by atoms with Gasteiger partial charge in [-0.2, -0.15) is 0 Å². The Morgan fingerprint density at radius 2 is 1.79 bits per heavy atom. The number of thiocarbonyl (C=S) groups is 1. The molecule has 3 aromatic carbocycles. The van der Waals surface area contributed by atoms with Gasteiger partial charge in [-0.05, 0) is 36.8 Å². The lowest BCUT2D eigenvalue weighted by molar-refractivity contribution is 0.279. The molecule has 29 heavy (non-hydrogen) atoms. The molecule has 0 radical (unpaired) electrons. The number of hydrogen-bond acceptors (Lipinski definition) is 3. The molecule has 150 valence electrons. The molecule has 0 aromatic heterocycles. The van der Waals surface area contributed by atoms with E-state index in [0.29, 0.717) is 33.6 Å². The lowest BCUT2D eigenvalue weighted by atomic mass is 10.1. The Balaban J connectivity index is 1.79. The Hall–Kier alpha value is -2.63. The van der Waals surface area contributed by atoms with Crippen molar-refractivity contribution in [1.82, 2.24) is 5.32 Å². The van der Waals surface area contributed by atoms with E-state index in [4.69, 9.17) is 33.3 Å². The Bertz CT molecular complexity index is 988. The summed E-state index contributed by atoms with van der Waals surface area (Å²) in [7, 11) is 1.55. The first-order valence-electron chi connectivity index (χ1n) is 9.06. The molecule has 0 saturated carbocycles. The third-order valence-electron chi connectivity index (χ3n) is 4.44. The van der Waals surface area contributed by atoms with Crippen LogP contribution in [0, 0.1) is 12.7 Å². The van der Waals surface area contributed by atoms with Crippen molar-refractivity contribution in [3.63, 3.8) is 0 Å². The van der Waals surface area contributed by atoms with E-state index in [-0.39, 0.29) is 12.2 Å². The molecule has 0 aliphatic carbocycles. The lowest BCUT2D eigenvalue weighted by Gasteiger charge is -2.17. The van der Waals surface area contributed by atoms with Gasteiger partial charge in [0.05, 0.1) is 17.7 Å². The van der Waals surface area contributed by atoms with Crippen molar-refractivity contribution in [3.8, 4) is 11.5 Å². The molecule has 0 amide bonds. The topological polar surface area (TPSA) is 30.5 Å². The van der Waals surface area contributed by atoms with E-state index in [1.54, 1.807) is 25.3 Å². The van der Waals surface area contributed by atoms with Crippen LogP contribution in [0.4, 0.5) is 4.39 Å². The Labute approximate surface area is 180 Å². The molecule has 0 saturated heterocycles. The average molecular weight is 430 g/mol. The van der Waals surface area contributed by atoms with Crippen molar-refractivity contribution in [3.05, 3.63) is 93.8 Å². The molecule has 0 spiro atoms. The summed E-state index contributed by atoms with van der Waals surface area (Å²) >= 11 is 11.7. The highest BCUT2D eigenvalue weighted by molar-refractivity contribution is 7.80. The van der Waals surface area contributed by atoms with Crippen molar-refractivity contribution in [2.45, 2.75) is 20.1 Å². The van der Waals surface area contributed by atoms with Crippen LogP contribution in [-0.4, -0.2) is 12.1 Å². The van der Waals surface area contributed by atoms with Gasteiger partial charge in [-0.3, -0.25) is 0 Å². The number of nitrogens with one attached hydrogen (secondary N) is 1. The molecule has 3 rings (SSSR count). The molecule has 1 N–H and O–H groups in total. The van der Waals surface area contributed by atoms with Gasteiger partial charge < -0.3 is 14.8 Å². The Morgan fingerprint density at radius 1 is 1.07 bits per heavy atom. The number of benzene rings is 3. The number of methoxy groups -OCH3 is 1. The van der Waals surface area contributed by atoms with Crippen LogP contribution in [0.1, 0.15) is 22.3 Å². The smallest absolute Gasteiger partial charge is 0.171 e. The molecular weight excluding hydrogens is 409 g/mol. The summed E-state index contributed by atoms with van der Waals surface area (Å²) < 4.78 is 25.4. The minimum Gasteiger partial charge on any atom is -0.493 e. The molecule has 0 atom stereocenters. The second-order valence-corrected chi connectivity index (χ2v) is 7.31. The molecule has 0 aliphatic heterocycles. The lowest BCUT2D eigenvalue weighted by Crippen LogP contribution is -2.22. The second-order valence-electron chi connectivity index (χ2n) is 6.49. The minimum absolute atomic E-state index is 0.0422. The van der Waals surface area contributed by atoms with Gasteiger partial charge in [0, 0.05) is 12.1 Å². The minimum atomic E-state index is -0.422. The quantitative estimate of drug-likeness (QED) is 0.478. The maximum Gasteiger partial charge on any atom is 0.171 e. The molecule has 3 aromatic rings. The summed E-state index contributed by atoms with van der Waals surface area (Å²) in [6.45, 7) is 2.58. The summed E-state index contributed by atoms with van der Waals surface area (Å²) in [4.78, 5) is 0.513. The summed E-state index contributed by atoms with van der Waals surface area (Å²) in [5.41, 5.74) is 3.26. The van der Waals surface area contributed by atoms with E-state index in [9.17, 15) is 4.39 Å². The van der Waals surface area contributed by atoms with Gasteiger partial charge in [-0.1, -0.05) is 65.8 Å². The fraction of sp³-hybridized carbons (Fsp3) is 0.174. The van der Waals surface area contributed by atoms with Crippen molar-refractivity contribution in [1.29, 1.82) is 0 Å². The maximum absolute atomic E-state index is 14.1. The van der Waals surface area contributed by atoms with E-state index in [1.807, 2.05) is 31.2 Å². The van der Waals surface area contributed by atoms with Crippen LogP contribution in [0.3, 0.4) is 0 Å². The van der Waals surface area contributed by atoms with Crippen molar-refractivity contribution in [2.75, 3.05) is 7.11 Å². The third-order valence-corrected chi connectivity index (χ3v) is 5.16. The first kappa shape index (κ1) is 21.1. The van der Waals surface area contributed by atoms with Gasteiger partial charge in [0.25, 0.3) is 0 Å². The highest BCUT2D eigenvalue weighted by Crippen LogP contribution is 2.33. The Kier molecular flexibility index (Phi) is 7.07. The van der Waals surface area contributed by atoms with Crippen LogP contribution >= 0.6 is 23.8 Å². The van der Waals surface area contributed by atoms with Gasteiger partial charge in [0.2, 0.25) is 0 Å². The van der Waals surface area contributed by atoms with Gasteiger partial charge in [-0.25, -0.2) is 4.39 Å². The molecule has 0 bridgehead atoms. The van der Waals surface area contributed by atoms with Gasteiger partial charge in [0.15, 0.2) is 11.5 Å². The average Bonchev–Trinajstić information content (AvgIpc) is 2.72. The standard InChI is InChI=1S/C23H21ClFNO2S/c1-15-9-11-16(12-10-15)13-26-23(29)17-5-3-8-21(27-2)22(17)28-14-18-19(24)6-4-7-20(18)25/h3-12H,13-14H2,1-2H3,(H,26,29). The second kappa shape index (κ2) is 9.72. The zero-order valence-electron chi connectivity index (χ0n) is 16.2. The van der Waals surface area contributed by atoms with Crippen LogP contribution < -0.4 is 14.8 Å². The molecule has 6 heteroatoms. The SMILES string of the molecule is COc1cccc(C(=S)NCc2ccc(C)cc2)c1OCc1c(F)cccc1Cl. The van der Waals surface area contributed by atoms with Crippen LogP contribution in [-0.2, 0) is 13.2 Å². The van der Waals surface area contributed by atoms with Crippen LogP contribution in [0.5, 0.6) is 11.5 Å². The number of aryl methyl sites for hydroxylation is 1. The summed E-state index contributed by atoms with van der Waals surface area (Å²) in [6.07, 6.45) is 0. The number of para-hydroxylation sites is 1. The van der Waals surface area contributed by atoms with E-state index >= 15 is 0 Å². The Morgan fingerprint density at radius 3 is 2.48 bits per heavy atom. The first-order chi connectivity index (χ1) is 14.0. The zero-order valence-corrected chi connectivity index (χ0v) is 17.7. The van der Waals surface area contributed by atoms with E-state index in [1.165, 1.54) is 11.6 Å². The molecule has 3 nitrogen and oxygen atoms in total.